The normalized spacial score (nSPS) is 12.9. The number of nitrogens with two attached hydrogens (primary N) is 1. The van der Waals surface area contributed by atoms with Crippen LogP contribution >= 0.6 is 11.3 Å². The van der Waals surface area contributed by atoms with E-state index in [1.54, 1.807) is 6.20 Å². The third-order valence-corrected chi connectivity index (χ3v) is 1.87. The predicted molar refractivity (Wildman–Crippen MR) is 39.9 cm³/mol. The maximum absolute atomic E-state index is 10.1. The van der Waals surface area contributed by atoms with Crippen LogP contribution in [0.2, 0.25) is 0 Å². The fraction of sp³-hybridized carbons (Fsp3) is 0.333. The Hall–Kier alpha value is -0.740. The van der Waals surface area contributed by atoms with Crippen molar-refractivity contribution < 1.29 is 4.79 Å². The molecule has 1 atom stereocenters. The van der Waals surface area contributed by atoms with Crippen LogP contribution in [0.4, 0.5) is 0 Å². The Kier molecular flexibility index (Phi) is 2.53. The highest BCUT2D eigenvalue weighted by atomic mass is 32.1. The minimum atomic E-state index is -0.397. The molecule has 0 aliphatic heterocycles. The van der Waals surface area contributed by atoms with Crippen molar-refractivity contribution in [3.63, 3.8) is 0 Å². The number of carbonyl (C=O) groups is 1. The second kappa shape index (κ2) is 3.43. The third kappa shape index (κ3) is 1.89. The van der Waals surface area contributed by atoms with Crippen LogP contribution in [0.25, 0.3) is 0 Å². The first kappa shape index (κ1) is 7.37. The van der Waals surface area contributed by atoms with Crippen molar-refractivity contribution in [1.82, 2.24) is 4.98 Å². The molecular weight excluding hydrogens is 148 g/mol. The topological polar surface area (TPSA) is 56.0 Å². The van der Waals surface area contributed by atoms with Gasteiger partial charge >= 0.3 is 0 Å². The van der Waals surface area contributed by atoms with Crippen LogP contribution in [0.15, 0.2) is 11.6 Å². The number of nitrogens with zero attached hydrogens (tertiary/aromatic N) is 1. The lowest BCUT2D eigenvalue weighted by Crippen LogP contribution is -2.23. The van der Waals surface area contributed by atoms with E-state index in [1.165, 1.54) is 11.3 Å². The van der Waals surface area contributed by atoms with E-state index in [-0.39, 0.29) is 0 Å². The molecule has 0 saturated carbocycles. The Balaban J connectivity index is 2.47. The van der Waals surface area contributed by atoms with Crippen molar-refractivity contribution in [1.29, 1.82) is 0 Å². The van der Waals surface area contributed by atoms with Gasteiger partial charge in [-0.2, -0.15) is 0 Å². The monoisotopic (exact) mass is 156 g/mol. The molecule has 0 unspecified atom stereocenters. The van der Waals surface area contributed by atoms with Crippen LogP contribution < -0.4 is 5.73 Å². The molecule has 0 fully saturated rings. The number of hydrogen-bond donors (Lipinski definition) is 1. The van der Waals surface area contributed by atoms with Crippen LogP contribution in [0.5, 0.6) is 0 Å². The summed E-state index contributed by atoms with van der Waals surface area (Å²) in [6, 6.07) is -0.397. The lowest BCUT2D eigenvalue weighted by Gasteiger charge is -1.96. The predicted octanol–water partition coefficient (Wildman–Crippen LogP) is 0.212. The summed E-state index contributed by atoms with van der Waals surface area (Å²) in [6.45, 7) is 0. The quantitative estimate of drug-likeness (QED) is 0.636. The zero-order chi connectivity index (χ0) is 7.40. The summed E-state index contributed by atoms with van der Waals surface area (Å²) < 4.78 is 0. The lowest BCUT2D eigenvalue weighted by atomic mass is 10.2. The molecule has 1 aromatic rings. The van der Waals surface area contributed by atoms with E-state index < -0.39 is 6.04 Å². The largest absolute Gasteiger partial charge is 0.321 e. The summed E-state index contributed by atoms with van der Waals surface area (Å²) in [5.41, 5.74) is 5.36. The van der Waals surface area contributed by atoms with Crippen molar-refractivity contribution in [3.05, 3.63) is 16.6 Å². The number of rotatable bonds is 3. The molecule has 0 aromatic carbocycles. The van der Waals surface area contributed by atoms with Gasteiger partial charge in [0.2, 0.25) is 0 Å². The molecule has 0 bridgehead atoms. The van der Waals surface area contributed by atoms with Gasteiger partial charge in [-0.25, -0.2) is 4.98 Å². The molecule has 3 nitrogen and oxygen atoms in total. The number of carbonyl (C=O) groups excluding carboxylic acids is 1. The van der Waals surface area contributed by atoms with Gasteiger partial charge in [0.1, 0.15) is 6.29 Å². The maximum atomic E-state index is 10.1. The Labute approximate surface area is 62.9 Å². The van der Waals surface area contributed by atoms with Crippen LogP contribution in [0.1, 0.15) is 5.01 Å². The number of hydrogen-bond acceptors (Lipinski definition) is 4. The van der Waals surface area contributed by atoms with Gasteiger partial charge in [-0.3, -0.25) is 0 Å². The molecule has 1 rings (SSSR count). The van der Waals surface area contributed by atoms with Crippen LogP contribution in [-0.2, 0) is 11.2 Å². The fourth-order valence-electron chi connectivity index (χ4n) is 0.604. The van der Waals surface area contributed by atoms with Crippen molar-refractivity contribution in [2.45, 2.75) is 12.5 Å². The first-order chi connectivity index (χ1) is 4.83. The minimum Gasteiger partial charge on any atom is -0.321 e. The maximum Gasteiger partial charge on any atom is 0.137 e. The number of aldehydes is 1. The van der Waals surface area contributed by atoms with E-state index in [2.05, 4.69) is 4.98 Å². The summed E-state index contributed by atoms with van der Waals surface area (Å²) >= 11 is 1.52. The SMILES string of the molecule is N[C@H](C=O)Cc1nccs1. The molecular formula is C6H8N2OS. The Bertz CT molecular complexity index is 198. The molecule has 0 aliphatic carbocycles. The molecule has 0 spiro atoms. The van der Waals surface area contributed by atoms with Crippen LogP contribution in [-0.4, -0.2) is 17.3 Å². The molecule has 1 heterocycles. The zero-order valence-electron chi connectivity index (χ0n) is 5.36. The average Bonchev–Trinajstić information content (AvgIpc) is 2.40. The van der Waals surface area contributed by atoms with Gasteiger partial charge < -0.3 is 10.5 Å². The zero-order valence-corrected chi connectivity index (χ0v) is 6.17. The molecule has 0 saturated heterocycles. The van der Waals surface area contributed by atoms with Crippen molar-refractivity contribution in [2.75, 3.05) is 0 Å². The van der Waals surface area contributed by atoms with E-state index in [4.69, 9.17) is 5.73 Å². The molecule has 1 aromatic heterocycles. The third-order valence-electron chi connectivity index (χ3n) is 1.07. The van der Waals surface area contributed by atoms with E-state index in [9.17, 15) is 4.79 Å². The minimum absolute atomic E-state index is 0.397. The second-order valence-electron chi connectivity index (χ2n) is 1.93. The average molecular weight is 156 g/mol. The number of aromatic nitrogens is 1. The van der Waals surface area contributed by atoms with Crippen LogP contribution in [0.3, 0.4) is 0 Å². The summed E-state index contributed by atoms with van der Waals surface area (Å²) in [4.78, 5) is 14.1. The molecule has 4 heteroatoms. The highest BCUT2D eigenvalue weighted by Crippen LogP contribution is 2.04. The van der Waals surface area contributed by atoms with Crippen molar-refractivity contribution >= 4 is 17.6 Å². The van der Waals surface area contributed by atoms with Gasteiger partial charge in [0, 0.05) is 18.0 Å². The standard InChI is InChI=1S/C6H8N2OS/c7-5(4-9)3-6-8-1-2-10-6/h1-2,4-5H,3,7H2/t5-/m0/s1. The molecule has 54 valence electrons. The highest BCUT2D eigenvalue weighted by molar-refractivity contribution is 7.09. The van der Waals surface area contributed by atoms with Crippen LogP contribution in [0, 0.1) is 0 Å². The number of thiazole rings is 1. The second-order valence-corrected chi connectivity index (χ2v) is 2.91. The van der Waals surface area contributed by atoms with E-state index in [0.29, 0.717) is 6.42 Å². The van der Waals surface area contributed by atoms with Gasteiger partial charge in [-0.1, -0.05) is 0 Å². The summed E-state index contributed by atoms with van der Waals surface area (Å²) in [7, 11) is 0. The Morgan fingerprint density at radius 2 is 2.70 bits per heavy atom. The molecule has 2 N–H and O–H groups in total. The summed E-state index contributed by atoms with van der Waals surface area (Å²) in [6.07, 6.45) is 3.00. The van der Waals surface area contributed by atoms with Gasteiger partial charge in [0.05, 0.1) is 11.0 Å². The lowest BCUT2D eigenvalue weighted by molar-refractivity contribution is -0.108. The fourth-order valence-corrected chi connectivity index (χ4v) is 1.29. The molecule has 10 heavy (non-hydrogen) atoms. The smallest absolute Gasteiger partial charge is 0.137 e. The van der Waals surface area contributed by atoms with E-state index in [0.717, 1.165) is 11.3 Å². The van der Waals surface area contributed by atoms with E-state index in [1.807, 2.05) is 5.38 Å². The summed E-state index contributed by atoms with van der Waals surface area (Å²) in [5, 5.41) is 2.78. The molecule has 0 amide bonds. The first-order valence-electron chi connectivity index (χ1n) is 2.92. The van der Waals surface area contributed by atoms with Crippen molar-refractivity contribution in [3.8, 4) is 0 Å². The van der Waals surface area contributed by atoms with Gasteiger partial charge in [-0.15, -0.1) is 11.3 Å². The Morgan fingerprint density at radius 3 is 3.20 bits per heavy atom. The van der Waals surface area contributed by atoms with Gasteiger partial charge in [-0.05, 0) is 0 Å². The first-order valence-corrected chi connectivity index (χ1v) is 3.80. The Morgan fingerprint density at radius 1 is 1.90 bits per heavy atom. The summed E-state index contributed by atoms with van der Waals surface area (Å²) in [5.74, 6) is 0. The van der Waals surface area contributed by atoms with Crippen molar-refractivity contribution in [2.24, 2.45) is 5.73 Å². The highest BCUT2D eigenvalue weighted by Gasteiger charge is 2.02. The molecule has 0 radical (unpaired) electrons. The van der Waals surface area contributed by atoms with Gasteiger partial charge in [0.15, 0.2) is 0 Å². The van der Waals surface area contributed by atoms with Gasteiger partial charge in [0.25, 0.3) is 0 Å². The molecule has 0 aliphatic rings. The van der Waals surface area contributed by atoms with E-state index >= 15 is 0 Å².